The predicted octanol–water partition coefficient (Wildman–Crippen LogP) is -0.119. The normalized spacial score (nSPS) is 13.8. The molecule has 0 aromatic carbocycles. The van der Waals surface area contributed by atoms with Gasteiger partial charge in [0.1, 0.15) is 0 Å². The Bertz CT molecular complexity index is 204. The van der Waals surface area contributed by atoms with Gasteiger partial charge in [-0.15, -0.1) is 0 Å². The Morgan fingerprint density at radius 2 is 2.11 bits per heavy atom. The average molecular weight is 151 g/mol. The van der Waals surface area contributed by atoms with Crippen LogP contribution in [0.3, 0.4) is 0 Å². The summed E-state index contributed by atoms with van der Waals surface area (Å²) in [6.45, 7) is 1.45. The van der Waals surface area contributed by atoms with E-state index in [9.17, 15) is 8.42 Å². The zero-order valence-corrected chi connectivity index (χ0v) is 6.14. The van der Waals surface area contributed by atoms with Gasteiger partial charge in [0.15, 0.2) is 9.84 Å². The molecule has 0 radical (unpaired) electrons. The van der Waals surface area contributed by atoms with Crippen LogP contribution in [-0.2, 0) is 9.84 Å². The molecule has 0 aromatic heterocycles. The van der Waals surface area contributed by atoms with Crippen LogP contribution < -0.4 is 0 Å². The van der Waals surface area contributed by atoms with E-state index in [-0.39, 0.29) is 11.5 Å². The average Bonchev–Trinajstić information content (AvgIpc) is 1.62. The molecule has 1 N–H and O–H groups in total. The SMILES string of the molecule is CC(CS(C)(=O)=O)=NO. The molecule has 4 nitrogen and oxygen atoms in total. The summed E-state index contributed by atoms with van der Waals surface area (Å²) in [4.78, 5) is 0. The molecular formula is C4H9NO3S. The first-order valence-electron chi connectivity index (χ1n) is 2.31. The van der Waals surface area contributed by atoms with Gasteiger partial charge in [-0.1, -0.05) is 5.16 Å². The Morgan fingerprint density at radius 3 is 2.22 bits per heavy atom. The van der Waals surface area contributed by atoms with Crippen molar-refractivity contribution in [1.29, 1.82) is 0 Å². The summed E-state index contributed by atoms with van der Waals surface area (Å²) in [5, 5.41) is 10.7. The Morgan fingerprint density at radius 1 is 1.67 bits per heavy atom. The Balaban J connectivity index is 4.07. The molecule has 0 atom stereocenters. The molecule has 0 amide bonds. The van der Waals surface area contributed by atoms with Gasteiger partial charge < -0.3 is 5.21 Å². The highest BCUT2D eigenvalue weighted by Gasteiger charge is 2.03. The molecule has 0 aromatic rings. The summed E-state index contributed by atoms with van der Waals surface area (Å²) in [5.74, 6) is -0.177. The van der Waals surface area contributed by atoms with Crippen molar-refractivity contribution in [3.8, 4) is 0 Å². The molecular weight excluding hydrogens is 142 g/mol. The minimum absolute atomic E-state index is 0.177. The molecule has 5 heteroatoms. The predicted molar refractivity (Wildman–Crippen MR) is 34.6 cm³/mol. The first kappa shape index (κ1) is 8.42. The summed E-state index contributed by atoms with van der Waals surface area (Å²) in [6.07, 6.45) is 1.08. The van der Waals surface area contributed by atoms with Crippen molar-refractivity contribution in [2.24, 2.45) is 5.16 Å². The molecule has 0 aliphatic rings. The molecule has 0 aliphatic heterocycles. The highest BCUT2D eigenvalue weighted by Crippen LogP contribution is 1.84. The molecule has 0 saturated heterocycles. The van der Waals surface area contributed by atoms with Crippen molar-refractivity contribution in [3.05, 3.63) is 0 Å². The number of oxime groups is 1. The van der Waals surface area contributed by atoms with Gasteiger partial charge in [0, 0.05) is 6.26 Å². The van der Waals surface area contributed by atoms with E-state index in [2.05, 4.69) is 5.16 Å². The largest absolute Gasteiger partial charge is 0.411 e. The molecule has 0 bridgehead atoms. The summed E-state index contributed by atoms with van der Waals surface area (Å²) in [7, 11) is -3.03. The molecule has 54 valence electrons. The van der Waals surface area contributed by atoms with Crippen molar-refractivity contribution in [3.63, 3.8) is 0 Å². The summed E-state index contributed by atoms with van der Waals surface area (Å²) >= 11 is 0. The highest BCUT2D eigenvalue weighted by atomic mass is 32.2. The van der Waals surface area contributed by atoms with E-state index < -0.39 is 9.84 Å². The lowest BCUT2D eigenvalue weighted by Crippen LogP contribution is -2.10. The molecule has 0 aliphatic carbocycles. The van der Waals surface area contributed by atoms with Crippen LogP contribution in [0, 0.1) is 0 Å². The van der Waals surface area contributed by atoms with E-state index in [1.165, 1.54) is 6.92 Å². The van der Waals surface area contributed by atoms with Gasteiger partial charge in [0.2, 0.25) is 0 Å². The molecule has 0 unspecified atom stereocenters. The van der Waals surface area contributed by atoms with Gasteiger partial charge in [-0.05, 0) is 6.92 Å². The van der Waals surface area contributed by atoms with Crippen molar-refractivity contribution < 1.29 is 13.6 Å². The smallest absolute Gasteiger partial charge is 0.152 e. The maximum absolute atomic E-state index is 10.4. The van der Waals surface area contributed by atoms with Crippen molar-refractivity contribution >= 4 is 15.5 Å². The Kier molecular flexibility index (Phi) is 2.64. The maximum Gasteiger partial charge on any atom is 0.152 e. The number of hydrogen-bond donors (Lipinski definition) is 1. The molecule has 9 heavy (non-hydrogen) atoms. The van der Waals surface area contributed by atoms with Gasteiger partial charge in [-0.2, -0.15) is 0 Å². The van der Waals surface area contributed by atoms with Crippen LogP contribution in [0.1, 0.15) is 6.92 Å². The summed E-state index contributed by atoms with van der Waals surface area (Å²) < 4.78 is 20.8. The van der Waals surface area contributed by atoms with E-state index >= 15 is 0 Å². The second-order valence-corrected chi connectivity index (χ2v) is 4.05. The fraction of sp³-hybridized carbons (Fsp3) is 0.750. The van der Waals surface area contributed by atoms with E-state index in [0.29, 0.717) is 0 Å². The first-order valence-corrected chi connectivity index (χ1v) is 4.37. The second-order valence-electron chi connectivity index (χ2n) is 1.91. The van der Waals surface area contributed by atoms with E-state index in [1.807, 2.05) is 0 Å². The fourth-order valence-electron chi connectivity index (χ4n) is 0.408. The van der Waals surface area contributed by atoms with Crippen molar-refractivity contribution in [1.82, 2.24) is 0 Å². The lowest BCUT2D eigenvalue weighted by atomic mass is 10.5. The van der Waals surface area contributed by atoms with Crippen LogP contribution >= 0.6 is 0 Å². The molecule has 0 spiro atoms. The maximum atomic E-state index is 10.4. The van der Waals surface area contributed by atoms with Gasteiger partial charge in [0.05, 0.1) is 11.5 Å². The van der Waals surface area contributed by atoms with Crippen LogP contribution in [0.15, 0.2) is 5.16 Å². The van der Waals surface area contributed by atoms with Gasteiger partial charge >= 0.3 is 0 Å². The van der Waals surface area contributed by atoms with Crippen LogP contribution in [0.5, 0.6) is 0 Å². The van der Waals surface area contributed by atoms with Crippen molar-refractivity contribution in [2.45, 2.75) is 6.92 Å². The minimum atomic E-state index is -3.03. The Labute approximate surface area is 54.1 Å². The number of rotatable bonds is 2. The van der Waals surface area contributed by atoms with E-state index in [0.717, 1.165) is 6.26 Å². The monoisotopic (exact) mass is 151 g/mol. The third-order valence-electron chi connectivity index (χ3n) is 0.642. The lowest BCUT2D eigenvalue weighted by Gasteiger charge is -1.92. The zero-order chi connectivity index (χ0) is 7.49. The third-order valence-corrected chi connectivity index (χ3v) is 1.58. The summed E-state index contributed by atoms with van der Waals surface area (Å²) in [6, 6.07) is 0. The van der Waals surface area contributed by atoms with Crippen LogP contribution in [0.25, 0.3) is 0 Å². The van der Waals surface area contributed by atoms with E-state index in [1.54, 1.807) is 0 Å². The Hall–Kier alpha value is -0.580. The number of hydrogen-bond acceptors (Lipinski definition) is 4. The van der Waals surface area contributed by atoms with Gasteiger partial charge in [-0.25, -0.2) is 8.42 Å². The van der Waals surface area contributed by atoms with Crippen LogP contribution in [-0.4, -0.2) is 31.3 Å². The molecule has 0 saturated carbocycles. The fourth-order valence-corrected chi connectivity index (χ4v) is 1.22. The third kappa shape index (κ3) is 5.29. The van der Waals surface area contributed by atoms with Crippen LogP contribution in [0.4, 0.5) is 0 Å². The highest BCUT2D eigenvalue weighted by molar-refractivity contribution is 7.91. The van der Waals surface area contributed by atoms with Gasteiger partial charge in [0.25, 0.3) is 0 Å². The number of sulfone groups is 1. The van der Waals surface area contributed by atoms with Gasteiger partial charge in [-0.3, -0.25) is 0 Å². The molecule has 0 rings (SSSR count). The van der Waals surface area contributed by atoms with Crippen LogP contribution in [0.2, 0.25) is 0 Å². The summed E-state index contributed by atoms with van der Waals surface area (Å²) in [5.41, 5.74) is 0.206. The standard InChI is InChI=1S/C4H9NO3S/c1-4(5-6)3-9(2,7)8/h6H,3H2,1-2H3. The quantitative estimate of drug-likeness (QED) is 0.340. The van der Waals surface area contributed by atoms with Crippen molar-refractivity contribution in [2.75, 3.05) is 12.0 Å². The molecule has 0 heterocycles. The molecule has 0 fully saturated rings. The minimum Gasteiger partial charge on any atom is -0.411 e. The first-order chi connectivity index (χ1) is 3.95. The lowest BCUT2D eigenvalue weighted by molar-refractivity contribution is 0.318. The number of nitrogens with zero attached hydrogens (tertiary/aromatic N) is 1. The topological polar surface area (TPSA) is 66.7 Å². The zero-order valence-electron chi connectivity index (χ0n) is 5.33. The van der Waals surface area contributed by atoms with E-state index in [4.69, 9.17) is 5.21 Å². The second kappa shape index (κ2) is 2.82.